The highest BCUT2D eigenvalue weighted by Gasteiger charge is 2.15. The predicted octanol–water partition coefficient (Wildman–Crippen LogP) is 7.59. The van der Waals surface area contributed by atoms with Crippen LogP contribution in [-0.4, -0.2) is 21.8 Å². The van der Waals surface area contributed by atoms with Crippen LogP contribution in [0.4, 0.5) is 11.4 Å². The van der Waals surface area contributed by atoms with Gasteiger partial charge in [-0.25, -0.2) is 9.97 Å². The van der Waals surface area contributed by atoms with E-state index in [2.05, 4.69) is 10.6 Å². The molecule has 0 unspecified atom stereocenters. The van der Waals surface area contributed by atoms with E-state index in [0.717, 1.165) is 42.2 Å². The lowest BCUT2D eigenvalue weighted by Crippen LogP contribution is -2.11. The molecule has 0 spiro atoms. The fourth-order valence-corrected chi connectivity index (χ4v) is 5.92. The summed E-state index contributed by atoms with van der Waals surface area (Å²) in [6, 6.07) is 33.6. The van der Waals surface area contributed by atoms with E-state index in [-0.39, 0.29) is 11.8 Å². The lowest BCUT2D eigenvalue weighted by molar-refractivity contribution is 0.101. The van der Waals surface area contributed by atoms with Crippen molar-refractivity contribution >= 4 is 55.5 Å². The minimum absolute atomic E-state index is 0.155. The van der Waals surface area contributed by atoms with Crippen LogP contribution in [0.5, 0.6) is 0 Å². The maximum Gasteiger partial charge on any atom is 0.255 e. The van der Waals surface area contributed by atoms with Gasteiger partial charge in [0.25, 0.3) is 11.8 Å². The predicted molar refractivity (Wildman–Crippen MR) is 155 cm³/mol. The Balaban J connectivity index is 1.14. The number of aromatic nitrogens is 2. The number of thiazole rings is 2. The van der Waals surface area contributed by atoms with Gasteiger partial charge >= 0.3 is 0 Å². The van der Waals surface area contributed by atoms with Crippen molar-refractivity contribution in [1.82, 2.24) is 9.97 Å². The van der Waals surface area contributed by atoms with Crippen molar-refractivity contribution in [2.24, 2.45) is 0 Å². The van der Waals surface area contributed by atoms with Crippen molar-refractivity contribution < 1.29 is 9.59 Å². The number of para-hydroxylation sites is 2. The molecule has 0 aliphatic rings. The Bertz CT molecular complexity index is 1570. The molecule has 0 atom stereocenters. The molecule has 0 aliphatic carbocycles. The molecule has 0 fully saturated rings. The zero-order valence-electron chi connectivity index (χ0n) is 19.9. The first-order valence-electron chi connectivity index (χ1n) is 11.8. The topological polar surface area (TPSA) is 84.0 Å². The molecule has 0 aliphatic heterocycles. The first-order valence-corrected chi connectivity index (χ1v) is 13.5. The van der Waals surface area contributed by atoms with Crippen LogP contribution >= 0.6 is 22.7 Å². The minimum atomic E-state index is -0.155. The first-order chi connectivity index (χ1) is 18.6. The largest absolute Gasteiger partial charge is 0.322 e. The van der Waals surface area contributed by atoms with Gasteiger partial charge in [0.1, 0.15) is 10.0 Å². The number of nitrogens with zero attached hydrogens (tertiary/aromatic N) is 2. The molecule has 184 valence electrons. The molecule has 0 radical (unpaired) electrons. The average molecular weight is 533 g/mol. The second kappa shape index (κ2) is 10.4. The van der Waals surface area contributed by atoms with E-state index in [1.54, 1.807) is 24.3 Å². The van der Waals surface area contributed by atoms with Crippen LogP contribution in [0.1, 0.15) is 20.7 Å². The van der Waals surface area contributed by atoms with Crippen LogP contribution in [0.25, 0.3) is 30.8 Å². The van der Waals surface area contributed by atoms with E-state index in [9.17, 15) is 9.59 Å². The van der Waals surface area contributed by atoms with Crippen molar-refractivity contribution in [3.05, 3.63) is 120 Å². The Morgan fingerprint density at radius 3 is 1.24 bits per heavy atom. The fourth-order valence-electron chi connectivity index (χ4n) is 3.87. The Morgan fingerprint density at radius 1 is 0.500 bits per heavy atom. The molecule has 4 aromatic carbocycles. The third-order valence-corrected chi connectivity index (χ3v) is 7.95. The number of rotatable bonds is 6. The van der Waals surface area contributed by atoms with Gasteiger partial charge in [-0.15, -0.1) is 0 Å². The first kappa shape index (κ1) is 23.7. The van der Waals surface area contributed by atoms with Crippen molar-refractivity contribution in [2.75, 3.05) is 10.6 Å². The van der Waals surface area contributed by atoms with Crippen molar-refractivity contribution in [2.45, 2.75) is 0 Å². The van der Waals surface area contributed by atoms with Gasteiger partial charge in [-0.05, 0) is 48.5 Å². The van der Waals surface area contributed by atoms with Crippen molar-refractivity contribution in [1.29, 1.82) is 0 Å². The molecule has 2 amide bonds. The van der Waals surface area contributed by atoms with E-state index in [0.29, 0.717) is 11.1 Å². The second-order valence-corrected chi connectivity index (χ2v) is 10.4. The zero-order valence-corrected chi connectivity index (χ0v) is 21.6. The standard InChI is InChI=1S/C30H20N4O2S2/c35-25(31-23-7-3-1-4-8-23)19-11-15-21(16-12-19)27-33-29-30(37-27)34-28(38-29)22-17-13-20(14-18-22)26(36)32-24-9-5-2-6-10-24/h1-18H,(H,31,35)(H,32,36). The molecule has 0 saturated heterocycles. The van der Waals surface area contributed by atoms with Gasteiger partial charge in [-0.3, -0.25) is 9.59 Å². The summed E-state index contributed by atoms with van der Waals surface area (Å²) in [5, 5.41) is 7.50. The van der Waals surface area contributed by atoms with Gasteiger partial charge in [-0.1, -0.05) is 83.3 Å². The number of benzene rings is 4. The molecule has 38 heavy (non-hydrogen) atoms. The number of fused-ring (bicyclic) bond motifs is 1. The summed E-state index contributed by atoms with van der Waals surface area (Å²) in [4.78, 5) is 36.3. The molecule has 6 nitrogen and oxygen atoms in total. The summed E-state index contributed by atoms with van der Waals surface area (Å²) in [6.07, 6.45) is 0. The van der Waals surface area contributed by atoms with E-state index in [1.807, 2.05) is 84.9 Å². The molecule has 6 rings (SSSR count). The van der Waals surface area contributed by atoms with Crippen LogP contribution in [-0.2, 0) is 0 Å². The molecule has 2 aromatic heterocycles. The van der Waals surface area contributed by atoms with Gasteiger partial charge in [0, 0.05) is 33.6 Å². The summed E-state index contributed by atoms with van der Waals surface area (Å²) in [5.41, 5.74) is 4.55. The third kappa shape index (κ3) is 5.08. The Labute approximate surface area is 226 Å². The SMILES string of the molecule is O=C(Nc1ccccc1)c1ccc(-c2nc3sc(-c4ccc(C(=O)Nc5ccccc5)cc4)nc3s2)cc1. The molecule has 2 N–H and O–H groups in total. The van der Waals surface area contributed by atoms with Crippen LogP contribution in [0, 0.1) is 0 Å². The van der Waals surface area contributed by atoms with E-state index < -0.39 is 0 Å². The number of hydrogen-bond acceptors (Lipinski definition) is 6. The van der Waals surface area contributed by atoms with Gasteiger partial charge in [0.2, 0.25) is 0 Å². The van der Waals surface area contributed by atoms with Crippen LogP contribution in [0.3, 0.4) is 0 Å². The molecular weight excluding hydrogens is 512 g/mol. The number of nitrogens with one attached hydrogen (secondary N) is 2. The molecular formula is C30H20N4O2S2. The second-order valence-electron chi connectivity index (χ2n) is 8.44. The number of hydrogen-bond donors (Lipinski definition) is 2. The van der Waals surface area contributed by atoms with Gasteiger partial charge < -0.3 is 10.6 Å². The zero-order chi connectivity index (χ0) is 25.9. The maximum absolute atomic E-state index is 12.5. The lowest BCUT2D eigenvalue weighted by Gasteiger charge is -2.05. The van der Waals surface area contributed by atoms with Crippen LogP contribution < -0.4 is 10.6 Å². The Morgan fingerprint density at radius 2 is 0.868 bits per heavy atom. The quantitative estimate of drug-likeness (QED) is 0.231. The number of amides is 2. The highest BCUT2D eigenvalue weighted by atomic mass is 32.1. The monoisotopic (exact) mass is 532 g/mol. The van der Waals surface area contributed by atoms with Gasteiger partial charge in [-0.2, -0.15) is 0 Å². The number of carbonyl (C=O) groups excluding carboxylic acids is 2. The smallest absolute Gasteiger partial charge is 0.255 e. The number of anilines is 2. The van der Waals surface area contributed by atoms with Crippen LogP contribution in [0.2, 0.25) is 0 Å². The summed E-state index contributed by atoms with van der Waals surface area (Å²) < 4.78 is 0. The highest BCUT2D eigenvalue weighted by molar-refractivity contribution is 7.29. The van der Waals surface area contributed by atoms with Gasteiger partial charge in [0.05, 0.1) is 0 Å². The Kier molecular flexibility index (Phi) is 6.47. The lowest BCUT2D eigenvalue weighted by atomic mass is 10.1. The normalized spacial score (nSPS) is 10.8. The maximum atomic E-state index is 12.5. The van der Waals surface area contributed by atoms with E-state index in [4.69, 9.17) is 9.97 Å². The highest BCUT2D eigenvalue weighted by Crippen LogP contribution is 2.36. The number of carbonyl (C=O) groups is 2. The summed E-state index contributed by atoms with van der Waals surface area (Å²) in [5.74, 6) is -0.310. The van der Waals surface area contributed by atoms with Crippen molar-refractivity contribution in [3.8, 4) is 21.1 Å². The summed E-state index contributed by atoms with van der Waals surface area (Å²) in [7, 11) is 0. The van der Waals surface area contributed by atoms with E-state index >= 15 is 0 Å². The molecule has 6 aromatic rings. The fraction of sp³-hybridized carbons (Fsp3) is 0. The molecule has 8 heteroatoms. The van der Waals surface area contributed by atoms with Crippen LogP contribution in [0.15, 0.2) is 109 Å². The summed E-state index contributed by atoms with van der Waals surface area (Å²) >= 11 is 3.03. The van der Waals surface area contributed by atoms with E-state index in [1.165, 1.54) is 22.7 Å². The average Bonchev–Trinajstić information content (AvgIpc) is 3.54. The molecule has 0 saturated carbocycles. The third-order valence-electron chi connectivity index (χ3n) is 5.83. The Hall–Kier alpha value is -4.66. The van der Waals surface area contributed by atoms with Gasteiger partial charge in [0.15, 0.2) is 9.66 Å². The molecule has 2 heterocycles. The summed E-state index contributed by atoms with van der Waals surface area (Å²) in [6.45, 7) is 0. The molecule has 0 bridgehead atoms. The minimum Gasteiger partial charge on any atom is -0.322 e. The van der Waals surface area contributed by atoms with Crippen molar-refractivity contribution in [3.63, 3.8) is 0 Å².